The summed E-state index contributed by atoms with van der Waals surface area (Å²) in [6.45, 7) is 2.48. The molecule has 0 bridgehead atoms. The van der Waals surface area contributed by atoms with Gasteiger partial charge in [0.25, 0.3) is 5.91 Å². The van der Waals surface area contributed by atoms with Gasteiger partial charge in [-0.1, -0.05) is 17.7 Å². The Labute approximate surface area is 138 Å². The molecule has 0 atom stereocenters. The van der Waals surface area contributed by atoms with Crippen molar-refractivity contribution in [2.45, 2.75) is 6.92 Å². The molecular formula is C17H15ClFN3O. The molecule has 6 heteroatoms. The summed E-state index contributed by atoms with van der Waals surface area (Å²) in [7, 11) is 0. The molecule has 0 saturated heterocycles. The van der Waals surface area contributed by atoms with E-state index >= 15 is 0 Å². The number of aryl methyl sites for hydroxylation is 1. The van der Waals surface area contributed by atoms with Gasteiger partial charge in [0, 0.05) is 24.3 Å². The molecule has 0 radical (unpaired) electrons. The molecule has 0 aromatic heterocycles. The van der Waals surface area contributed by atoms with Crippen molar-refractivity contribution in [3.05, 3.63) is 63.9 Å². The lowest BCUT2D eigenvalue weighted by Gasteiger charge is -2.09. The van der Waals surface area contributed by atoms with E-state index in [1.807, 2.05) is 6.07 Å². The van der Waals surface area contributed by atoms with Crippen LogP contribution < -0.4 is 10.6 Å². The Bertz CT molecular complexity index is 771. The summed E-state index contributed by atoms with van der Waals surface area (Å²) in [6.07, 6.45) is 0. The van der Waals surface area contributed by atoms with Gasteiger partial charge in [-0.3, -0.25) is 4.79 Å². The minimum absolute atomic E-state index is 0.287. The average Bonchev–Trinajstić information content (AvgIpc) is 2.54. The van der Waals surface area contributed by atoms with Crippen LogP contribution in [0, 0.1) is 24.1 Å². The maximum atomic E-state index is 13.4. The number of carbonyl (C=O) groups excluding carboxylic acids is 1. The molecule has 2 aromatic carbocycles. The molecule has 0 aliphatic carbocycles. The third-order valence-electron chi connectivity index (χ3n) is 3.26. The van der Waals surface area contributed by atoms with Crippen molar-refractivity contribution in [2.75, 3.05) is 18.4 Å². The highest BCUT2D eigenvalue weighted by Crippen LogP contribution is 2.19. The maximum Gasteiger partial charge on any atom is 0.251 e. The van der Waals surface area contributed by atoms with Crippen molar-refractivity contribution in [3.8, 4) is 6.07 Å². The predicted molar refractivity (Wildman–Crippen MR) is 88.1 cm³/mol. The first kappa shape index (κ1) is 16.8. The Morgan fingerprint density at radius 2 is 2.04 bits per heavy atom. The summed E-state index contributed by atoms with van der Waals surface area (Å²) in [5.41, 5.74) is 1.95. The van der Waals surface area contributed by atoms with Crippen LogP contribution in [0.3, 0.4) is 0 Å². The molecule has 0 aliphatic heterocycles. The Kier molecular flexibility index (Phi) is 5.56. The number of rotatable bonds is 5. The zero-order chi connectivity index (χ0) is 16.8. The van der Waals surface area contributed by atoms with Crippen molar-refractivity contribution in [1.29, 1.82) is 5.26 Å². The predicted octanol–water partition coefficient (Wildman–Crippen LogP) is 3.50. The highest BCUT2D eigenvalue weighted by atomic mass is 35.5. The average molecular weight is 332 g/mol. The minimum Gasteiger partial charge on any atom is -0.383 e. The fourth-order valence-corrected chi connectivity index (χ4v) is 2.16. The van der Waals surface area contributed by atoms with Gasteiger partial charge in [-0.05, 0) is 42.8 Å². The first-order valence-corrected chi connectivity index (χ1v) is 7.37. The van der Waals surface area contributed by atoms with Crippen LogP contribution in [-0.2, 0) is 0 Å². The lowest BCUT2D eigenvalue weighted by atomic mass is 10.1. The van der Waals surface area contributed by atoms with Gasteiger partial charge < -0.3 is 10.6 Å². The van der Waals surface area contributed by atoms with Gasteiger partial charge in [-0.2, -0.15) is 5.26 Å². The normalized spacial score (nSPS) is 10.0. The van der Waals surface area contributed by atoms with Crippen molar-refractivity contribution < 1.29 is 9.18 Å². The molecule has 0 heterocycles. The van der Waals surface area contributed by atoms with Gasteiger partial charge >= 0.3 is 0 Å². The first-order chi connectivity index (χ1) is 11.0. The van der Waals surface area contributed by atoms with E-state index in [0.717, 1.165) is 5.69 Å². The van der Waals surface area contributed by atoms with Crippen molar-refractivity contribution in [1.82, 2.24) is 5.32 Å². The molecule has 2 N–H and O–H groups in total. The molecule has 1 amide bonds. The molecule has 2 aromatic rings. The van der Waals surface area contributed by atoms with Crippen LogP contribution >= 0.6 is 11.6 Å². The summed E-state index contributed by atoms with van der Waals surface area (Å²) in [6, 6.07) is 11.4. The van der Waals surface area contributed by atoms with Gasteiger partial charge in [-0.15, -0.1) is 0 Å². The fraction of sp³-hybridized carbons (Fsp3) is 0.176. The molecule has 0 unspecified atom stereocenters. The van der Waals surface area contributed by atoms with Crippen LogP contribution in [0.2, 0.25) is 5.02 Å². The number of benzene rings is 2. The third kappa shape index (κ3) is 4.44. The van der Waals surface area contributed by atoms with Crippen LogP contribution in [0.1, 0.15) is 21.5 Å². The molecule has 0 spiro atoms. The fourth-order valence-electron chi connectivity index (χ4n) is 1.93. The molecule has 2 rings (SSSR count). The van der Waals surface area contributed by atoms with Gasteiger partial charge in [0.2, 0.25) is 0 Å². The van der Waals surface area contributed by atoms with E-state index in [0.29, 0.717) is 29.2 Å². The number of nitrogens with zero attached hydrogens (tertiary/aromatic N) is 1. The topological polar surface area (TPSA) is 64.9 Å². The van der Waals surface area contributed by atoms with E-state index in [9.17, 15) is 9.18 Å². The van der Waals surface area contributed by atoms with Gasteiger partial charge in [-0.25, -0.2) is 4.39 Å². The number of hydrogen-bond donors (Lipinski definition) is 2. The standard InChI is InChI=1S/C17H15ClFN3O/c1-11-2-3-12(8-16(11)19)17(23)22-7-6-21-14-5-4-13(10-20)15(18)9-14/h2-5,8-9,21H,6-7H2,1H3,(H,22,23). The second kappa shape index (κ2) is 7.61. The third-order valence-corrected chi connectivity index (χ3v) is 3.58. The van der Waals surface area contributed by atoms with E-state index in [-0.39, 0.29) is 11.5 Å². The second-order valence-corrected chi connectivity index (χ2v) is 5.36. The van der Waals surface area contributed by atoms with Crippen molar-refractivity contribution in [3.63, 3.8) is 0 Å². The Morgan fingerprint density at radius 1 is 1.26 bits per heavy atom. The van der Waals surface area contributed by atoms with Crippen molar-refractivity contribution in [2.24, 2.45) is 0 Å². The summed E-state index contributed by atoms with van der Waals surface area (Å²) in [4.78, 5) is 11.9. The van der Waals surface area contributed by atoms with Crippen LogP contribution in [0.5, 0.6) is 0 Å². The summed E-state index contributed by atoms with van der Waals surface area (Å²) >= 11 is 5.93. The van der Waals surface area contributed by atoms with E-state index in [1.54, 1.807) is 37.3 Å². The SMILES string of the molecule is Cc1ccc(C(=O)NCCNc2ccc(C#N)c(Cl)c2)cc1F. The summed E-state index contributed by atoms with van der Waals surface area (Å²) in [5, 5.41) is 15.0. The Hall–Kier alpha value is -2.58. The lowest BCUT2D eigenvalue weighted by molar-refractivity contribution is 0.0954. The molecular weight excluding hydrogens is 317 g/mol. The van der Waals surface area contributed by atoms with Crippen LogP contribution in [-0.4, -0.2) is 19.0 Å². The van der Waals surface area contributed by atoms with E-state index < -0.39 is 5.82 Å². The number of nitriles is 1. The molecule has 0 fully saturated rings. The molecule has 0 aliphatic rings. The van der Waals surface area contributed by atoms with E-state index in [1.165, 1.54) is 6.07 Å². The first-order valence-electron chi connectivity index (χ1n) is 6.99. The zero-order valence-corrected chi connectivity index (χ0v) is 13.2. The van der Waals surface area contributed by atoms with Crippen LogP contribution in [0.25, 0.3) is 0 Å². The van der Waals surface area contributed by atoms with Gasteiger partial charge in [0.05, 0.1) is 10.6 Å². The number of hydrogen-bond acceptors (Lipinski definition) is 3. The number of carbonyl (C=O) groups is 1. The minimum atomic E-state index is -0.400. The number of anilines is 1. The van der Waals surface area contributed by atoms with Gasteiger partial charge in [0.1, 0.15) is 11.9 Å². The van der Waals surface area contributed by atoms with Crippen LogP contribution in [0.15, 0.2) is 36.4 Å². The molecule has 118 valence electrons. The van der Waals surface area contributed by atoms with E-state index in [2.05, 4.69) is 10.6 Å². The molecule has 4 nitrogen and oxygen atoms in total. The maximum absolute atomic E-state index is 13.4. The number of halogens is 2. The summed E-state index contributed by atoms with van der Waals surface area (Å²) < 4.78 is 13.4. The Balaban J connectivity index is 1.83. The highest BCUT2D eigenvalue weighted by molar-refractivity contribution is 6.32. The molecule has 23 heavy (non-hydrogen) atoms. The second-order valence-electron chi connectivity index (χ2n) is 4.95. The largest absolute Gasteiger partial charge is 0.383 e. The number of nitrogens with one attached hydrogen (secondary N) is 2. The summed E-state index contributed by atoms with van der Waals surface area (Å²) in [5.74, 6) is -0.730. The van der Waals surface area contributed by atoms with Gasteiger partial charge in [0.15, 0.2) is 0 Å². The van der Waals surface area contributed by atoms with Crippen LogP contribution in [0.4, 0.5) is 10.1 Å². The quantitative estimate of drug-likeness (QED) is 0.824. The highest BCUT2D eigenvalue weighted by Gasteiger charge is 2.07. The van der Waals surface area contributed by atoms with Crippen molar-refractivity contribution >= 4 is 23.2 Å². The smallest absolute Gasteiger partial charge is 0.251 e. The zero-order valence-electron chi connectivity index (χ0n) is 12.5. The monoisotopic (exact) mass is 331 g/mol. The lowest BCUT2D eigenvalue weighted by Crippen LogP contribution is -2.28. The Morgan fingerprint density at radius 3 is 2.70 bits per heavy atom. The molecule has 0 saturated carbocycles. The number of amides is 1. The van der Waals surface area contributed by atoms with E-state index in [4.69, 9.17) is 16.9 Å².